The average Bonchev–Trinajstić information content (AvgIpc) is 3.36. The first-order valence-corrected chi connectivity index (χ1v) is 10.6. The van der Waals surface area contributed by atoms with Crippen LogP contribution in [0.2, 0.25) is 0 Å². The van der Waals surface area contributed by atoms with Gasteiger partial charge >= 0.3 is 0 Å². The monoisotopic (exact) mass is 366 g/mol. The highest BCUT2D eigenvalue weighted by molar-refractivity contribution is 7.90. The van der Waals surface area contributed by atoms with Gasteiger partial charge in [0, 0.05) is 18.5 Å². The molecule has 0 bridgehead atoms. The second-order valence-corrected chi connectivity index (χ2v) is 8.89. The molecule has 0 spiro atoms. The summed E-state index contributed by atoms with van der Waals surface area (Å²) in [6.07, 6.45) is 4.91. The summed E-state index contributed by atoms with van der Waals surface area (Å²) in [4.78, 5) is 12.0. The molecule has 0 heterocycles. The van der Waals surface area contributed by atoms with Crippen LogP contribution in [-0.2, 0) is 14.8 Å². The first kappa shape index (κ1) is 18.2. The van der Waals surface area contributed by atoms with Crippen molar-refractivity contribution in [2.24, 2.45) is 0 Å². The number of carbonyl (C=O) groups is 1. The summed E-state index contributed by atoms with van der Waals surface area (Å²) in [6.45, 7) is 0.506. The van der Waals surface area contributed by atoms with Gasteiger partial charge in [-0.15, -0.1) is 0 Å². The van der Waals surface area contributed by atoms with Gasteiger partial charge in [0.25, 0.3) is 0 Å². The minimum absolute atomic E-state index is 0.00682. The van der Waals surface area contributed by atoms with Crippen molar-refractivity contribution in [2.75, 3.05) is 6.61 Å². The summed E-state index contributed by atoms with van der Waals surface area (Å²) in [5, 5.41) is 2.82. The predicted molar refractivity (Wildman–Crippen MR) is 95.8 cm³/mol. The van der Waals surface area contributed by atoms with Crippen molar-refractivity contribution in [1.82, 2.24) is 10.0 Å². The van der Waals surface area contributed by atoms with Gasteiger partial charge in [-0.25, -0.2) is 13.1 Å². The van der Waals surface area contributed by atoms with Gasteiger partial charge in [-0.3, -0.25) is 4.79 Å². The number of ether oxygens (including phenoxy) is 1. The topological polar surface area (TPSA) is 84.5 Å². The number of hydrogen-bond acceptors (Lipinski definition) is 4. The molecule has 0 radical (unpaired) electrons. The summed E-state index contributed by atoms with van der Waals surface area (Å²) in [5.74, 6) is 0.817. The van der Waals surface area contributed by atoms with E-state index in [4.69, 9.17) is 4.74 Å². The minimum atomic E-state index is -3.15. The van der Waals surface area contributed by atoms with Crippen LogP contribution in [0.15, 0.2) is 30.3 Å². The maximum absolute atomic E-state index is 12.0. The zero-order valence-electron chi connectivity index (χ0n) is 14.3. The van der Waals surface area contributed by atoms with E-state index < -0.39 is 10.0 Å². The maximum atomic E-state index is 12.0. The number of nitrogens with one attached hydrogen (secondary N) is 2. The molecule has 0 aromatic heterocycles. The van der Waals surface area contributed by atoms with Crippen molar-refractivity contribution in [1.29, 1.82) is 0 Å². The molecule has 0 unspecified atom stereocenters. The highest BCUT2D eigenvalue weighted by atomic mass is 32.2. The van der Waals surface area contributed by atoms with Gasteiger partial charge in [-0.05, 0) is 50.7 Å². The van der Waals surface area contributed by atoms with E-state index in [1.165, 1.54) is 0 Å². The van der Waals surface area contributed by atoms with Crippen LogP contribution in [0.1, 0.15) is 44.9 Å². The van der Waals surface area contributed by atoms with Crippen LogP contribution in [-0.4, -0.2) is 38.3 Å². The highest BCUT2D eigenvalue weighted by Crippen LogP contribution is 2.29. The van der Waals surface area contributed by atoms with Crippen LogP contribution < -0.4 is 14.8 Å². The molecular weight excluding hydrogens is 340 g/mol. The molecule has 3 rings (SSSR count). The first-order valence-electron chi connectivity index (χ1n) is 9.01. The Morgan fingerprint density at radius 3 is 2.52 bits per heavy atom. The Labute approximate surface area is 149 Å². The van der Waals surface area contributed by atoms with E-state index in [1.54, 1.807) is 0 Å². The van der Waals surface area contributed by atoms with Crippen molar-refractivity contribution < 1.29 is 17.9 Å². The number of amides is 1. The van der Waals surface area contributed by atoms with Crippen LogP contribution in [0.25, 0.3) is 0 Å². The molecule has 2 N–H and O–H groups in total. The van der Waals surface area contributed by atoms with Crippen LogP contribution in [0.3, 0.4) is 0 Å². The fourth-order valence-electron chi connectivity index (χ4n) is 3.17. The lowest BCUT2D eigenvalue weighted by Crippen LogP contribution is -2.38. The Balaban J connectivity index is 1.30. The molecule has 2 atom stereocenters. The number of para-hydroxylation sites is 1. The van der Waals surface area contributed by atoms with E-state index in [0.717, 1.165) is 31.4 Å². The van der Waals surface area contributed by atoms with Gasteiger partial charge in [0.15, 0.2) is 0 Å². The predicted octanol–water partition coefficient (Wildman–Crippen LogP) is 1.96. The summed E-state index contributed by atoms with van der Waals surface area (Å²) in [5.41, 5.74) is 0. The standard InChI is InChI=1S/C18H26N2O4S/c21-18(7-4-12-24-16-5-2-1-3-6-16)19-14-8-9-15(13-14)20-25(22,23)17-10-11-17/h1-3,5-6,14-15,17,20H,4,7-13H2,(H,19,21)/t14-,15+/m0/s1. The number of benzene rings is 1. The molecule has 25 heavy (non-hydrogen) atoms. The summed E-state index contributed by atoms with van der Waals surface area (Å²) >= 11 is 0. The number of hydrogen-bond donors (Lipinski definition) is 2. The average molecular weight is 366 g/mol. The van der Waals surface area contributed by atoms with E-state index in [9.17, 15) is 13.2 Å². The zero-order valence-corrected chi connectivity index (χ0v) is 15.1. The normalized spacial score (nSPS) is 23.4. The lowest BCUT2D eigenvalue weighted by molar-refractivity contribution is -0.122. The minimum Gasteiger partial charge on any atom is -0.494 e. The van der Waals surface area contributed by atoms with E-state index >= 15 is 0 Å². The molecule has 7 heteroatoms. The largest absolute Gasteiger partial charge is 0.494 e. The smallest absolute Gasteiger partial charge is 0.220 e. The Morgan fingerprint density at radius 1 is 1.08 bits per heavy atom. The van der Waals surface area contributed by atoms with E-state index in [-0.39, 0.29) is 23.2 Å². The molecular formula is C18H26N2O4S. The Kier molecular flexibility index (Phi) is 5.96. The molecule has 0 saturated heterocycles. The highest BCUT2D eigenvalue weighted by Gasteiger charge is 2.38. The van der Waals surface area contributed by atoms with Gasteiger partial charge in [0.05, 0.1) is 11.9 Å². The lowest BCUT2D eigenvalue weighted by atomic mass is 10.2. The van der Waals surface area contributed by atoms with Gasteiger partial charge in [-0.2, -0.15) is 0 Å². The Hall–Kier alpha value is -1.60. The molecule has 1 aromatic rings. The summed E-state index contributed by atoms with van der Waals surface area (Å²) in [7, 11) is -3.15. The van der Waals surface area contributed by atoms with Crippen LogP contribution in [0.5, 0.6) is 5.75 Å². The molecule has 2 aliphatic carbocycles. The fourth-order valence-corrected chi connectivity index (χ4v) is 4.79. The van der Waals surface area contributed by atoms with Gasteiger partial charge in [0.2, 0.25) is 15.9 Å². The first-order chi connectivity index (χ1) is 12.0. The second kappa shape index (κ2) is 8.19. The third-order valence-corrected chi connectivity index (χ3v) is 6.66. The molecule has 2 fully saturated rings. The number of sulfonamides is 1. The third-order valence-electron chi connectivity index (χ3n) is 4.65. The van der Waals surface area contributed by atoms with Crippen LogP contribution >= 0.6 is 0 Å². The molecule has 1 amide bonds. The van der Waals surface area contributed by atoms with Crippen molar-refractivity contribution in [3.63, 3.8) is 0 Å². The third kappa shape index (κ3) is 5.71. The fraction of sp³-hybridized carbons (Fsp3) is 0.611. The van der Waals surface area contributed by atoms with Gasteiger partial charge in [0.1, 0.15) is 5.75 Å². The van der Waals surface area contributed by atoms with E-state index in [1.807, 2.05) is 30.3 Å². The molecule has 6 nitrogen and oxygen atoms in total. The Bertz CT molecular complexity index is 674. The van der Waals surface area contributed by atoms with Crippen molar-refractivity contribution in [3.05, 3.63) is 30.3 Å². The van der Waals surface area contributed by atoms with Crippen molar-refractivity contribution in [2.45, 2.75) is 62.3 Å². The van der Waals surface area contributed by atoms with Crippen molar-refractivity contribution in [3.8, 4) is 5.75 Å². The second-order valence-electron chi connectivity index (χ2n) is 6.90. The quantitative estimate of drug-likeness (QED) is 0.655. The Morgan fingerprint density at radius 2 is 1.80 bits per heavy atom. The van der Waals surface area contributed by atoms with E-state index in [2.05, 4.69) is 10.0 Å². The number of rotatable bonds is 9. The van der Waals surface area contributed by atoms with Crippen LogP contribution in [0.4, 0.5) is 0 Å². The maximum Gasteiger partial charge on any atom is 0.220 e. The van der Waals surface area contributed by atoms with Gasteiger partial charge in [-0.1, -0.05) is 18.2 Å². The number of carbonyl (C=O) groups excluding carboxylic acids is 1. The molecule has 2 aliphatic rings. The molecule has 0 aliphatic heterocycles. The lowest BCUT2D eigenvalue weighted by Gasteiger charge is -2.15. The van der Waals surface area contributed by atoms with Crippen molar-refractivity contribution >= 4 is 15.9 Å². The summed E-state index contributed by atoms with van der Waals surface area (Å²) in [6, 6.07) is 9.56. The molecule has 2 saturated carbocycles. The summed E-state index contributed by atoms with van der Waals surface area (Å²) < 4.78 is 32.3. The zero-order chi connectivity index (χ0) is 17.7. The molecule has 138 valence electrons. The van der Waals surface area contributed by atoms with Crippen LogP contribution in [0, 0.1) is 0 Å². The SMILES string of the molecule is O=C(CCCOc1ccccc1)N[C@H]1CC[C@@H](NS(=O)(=O)C2CC2)C1. The van der Waals surface area contributed by atoms with E-state index in [0.29, 0.717) is 25.9 Å². The molecule has 1 aromatic carbocycles. The van der Waals surface area contributed by atoms with Gasteiger partial charge < -0.3 is 10.1 Å².